The third-order valence-corrected chi connectivity index (χ3v) is 2.86. The van der Waals surface area contributed by atoms with E-state index in [1.807, 2.05) is 13.8 Å². The first-order chi connectivity index (χ1) is 8.36. The lowest BCUT2D eigenvalue weighted by Crippen LogP contribution is -2.37. The van der Waals surface area contributed by atoms with Crippen LogP contribution in [-0.2, 0) is 9.53 Å². The highest BCUT2D eigenvalue weighted by Crippen LogP contribution is 2.42. The lowest BCUT2D eigenvalue weighted by Gasteiger charge is -2.32. The van der Waals surface area contributed by atoms with Crippen LogP contribution in [-0.4, -0.2) is 18.2 Å². The number of carbonyl (C=O) groups is 1. The van der Waals surface area contributed by atoms with E-state index in [1.165, 1.54) is 6.92 Å². The number of hydrogen-bond acceptors (Lipinski definition) is 2. The lowest BCUT2D eigenvalue weighted by atomic mass is 9.83. The molecule has 1 atom stereocenters. The summed E-state index contributed by atoms with van der Waals surface area (Å²) < 4.78 is 43.7. The average Bonchev–Trinajstić information content (AvgIpc) is 2.13. The molecule has 5 heteroatoms. The predicted molar refractivity (Wildman–Crippen MR) is 68.6 cm³/mol. The molecular formula is C14H23F3O2. The second kappa shape index (κ2) is 6.44. The third-order valence-electron chi connectivity index (χ3n) is 2.86. The molecule has 0 aliphatic rings. The van der Waals surface area contributed by atoms with E-state index in [4.69, 9.17) is 4.74 Å². The van der Waals surface area contributed by atoms with Crippen LogP contribution in [0.2, 0.25) is 0 Å². The zero-order valence-corrected chi connectivity index (χ0v) is 12.2. The average molecular weight is 280 g/mol. The van der Waals surface area contributed by atoms with Gasteiger partial charge in [0.1, 0.15) is 6.10 Å². The molecule has 19 heavy (non-hydrogen) atoms. The van der Waals surface area contributed by atoms with E-state index in [-0.39, 0.29) is 17.9 Å². The van der Waals surface area contributed by atoms with Crippen LogP contribution < -0.4 is 0 Å². The molecule has 0 aromatic heterocycles. The zero-order valence-electron chi connectivity index (χ0n) is 12.2. The largest absolute Gasteiger partial charge is 0.459 e. The Kier molecular flexibility index (Phi) is 6.10. The molecule has 0 aromatic rings. The molecule has 0 fully saturated rings. The number of hydrogen-bond donors (Lipinski definition) is 0. The molecule has 0 radical (unpaired) electrons. The summed E-state index contributed by atoms with van der Waals surface area (Å²) in [6, 6.07) is 0. The fraction of sp³-hybridized carbons (Fsp3) is 0.786. The number of esters is 1. The molecule has 0 aliphatic carbocycles. The van der Waals surface area contributed by atoms with E-state index in [1.54, 1.807) is 0 Å². The molecule has 0 rings (SSSR count). The number of ether oxygens (including phenoxy) is 1. The van der Waals surface area contributed by atoms with Crippen molar-refractivity contribution in [2.45, 2.75) is 59.7 Å². The van der Waals surface area contributed by atoms with Gasteiger partial charge in [0.05, 0.1) is 5.41 Å². The van der Waals surface area contributed by atoms with Crippen LogP contribution in [0, 0.1) is 11.3 Å². The zero-order chi connectivity index (χ0) is 15.4. The Morgan fingerprint density at radius 3 is 2.05 bits per heavy atom. The Morgan fingerprint density at radius 2 is 1.74 bits per heavy atom. The van der Waals surface area contributed by atoms with Crippen LogP contribution in [0.3, 0.4) is 0 Å². The van der Waals surface area contributed by atoms with Crippen LogP contribution in [0.5, 0.6) is 0 Å². The van der Waals surface area contributed by atoms with E-state index >= 15 is 0 Å². The number of rotatable bonds is 6. The monoisotopic (exact) mass is 280 g/mol. The van der Waals surface area contributed by atoms with Gasteiger partial charge in [0, 0.05) is 5.57 Å². The first-order valence-electron chi connectivity index (χ1n) is 6.30. The van der Waals surface area contributed by atoms with Gasteiger partial charge in [0.15, 0.2) is 0 Å². The van der Waals surface area contributed by atoms with E-state index in [2.05, 4.69) is 6.58 Å². The van der Waals surface area contributed by atoms with Crippen LogP contribution in [0.4, 0.5) is 13.2 Å². The summed E-state index contributed by atoms with van der Waals surface area (Å²) in [5.74, 6) is -0.490. The third kappa shape index (κ3) is 6.12. The molecule has 0 N–H and O–H groups in total. The molecule has 1 unspecified atom stereocenters. The maximum Gasteiger partial charge on any atom is 0.394 e. The van der Waals surface area contributed by atoms with Crippen molar-refractivity contribution in [3.05, 3.63) is 12.2 Å². The van der Waals surface area contributed by atoms with Gasteiger partial charge >= 0.3 is 12.1 Å². The number of halogens is 3. The van der Waals surface area contributed by atoms with Gasteiger partial charge < -0.3 is 4.74 Å². The molecule has 0 heterocycles. The Balaban J connectivity index is 4.87. The molecule has 0 aliphatic heterocycles. The Hall–Kier alpha value is -1.00. The molecule has 0 saturated heterocycles. The molecule has 112 valence electrons. The molecule has 0 spiro atoms. The highest BCUT2D eigenvalue weighted by molar-refractivity contribution is 5.87. The summed E-state index contributed by atoms with van der Waals surface area (Å²) in [5.41, 5.74) is -1.69. The van der Waals surface area contributed by atoms with E-state index in [9.17, 15) is 18.0 Å². The molecule has 0 aromatic carbocycles. The summed E-state index contributed by atoms with van der Waals surface area (Å²) in [7, 11) is 0. The van der Waals surface area contributed by atoms with Crippen LogP contribution in [0.1, 0.15) is 47.5 Å². The highest BCUT2D eigenvalue weighted by atomic mass is 19.4. The minimum atomic E-state index is -4.32. The standard InChI is InChI=1S/C14H23F3O2/c1-9(2)7-11(19-12(18)10(3)4)8-13(5,6)14(15,16)17/h9,11H,3,7-8H2,1-2,4-6H3. The number of carbonyl (C=O) groups excluding carboxylic acids is 1. The van der Waals surface area contributed by atoms with E-state index in [0.29, 0.717) is 6.42 Å². The molecule has 2 nitrogen and oxygen atoms in total. The summed E-state index contributed by atoms with van der Waals surface area (Å²) in [5, 5.41) is 0. The maximum atomic E-state index is 12.9. The van der Waals surface area contributed by atoms with Crippen LogP contribution in [0.25, 0.3) is 0 Å². The quantitative estimate of drug-likeness (QED) is 0.529. The van der Waals surface area contributed by atoms with Crippen molar-refractivity contribution in [3.8, 4) is 0 Å². The fourth-order valence-corrected chi connectivity index (χ4v) is 1.64. The smallest absolute Gasteiger partial charge is 0.394 e. The minimum Gasteiger partial charge on any atom is -0.459 e. The van der Waals surface area contributed by atoms with Crippen LogP contribution >= 0.6 is 0 Å². The number of alkyl halides is 3. The molecule has 0 amide bonds. The fourth-order valence-electron chi connectivity index (χ4n) is 1.64. The normalized spacial score (nSPS) is 14.4. The molecule has 0 saturated carbocycles. The van der Waals surface area contributed by atoms with Crippen molar-refractivity contribution < 1.29 is 22.7 Å². The second-order valence-electron chi connectivity index (χ2n) is 6.02. The van der Waals surface area contributed by atoms with Gasteiger partial charge in [-0.1, -0.05) is 34.3 Å². The van der Waals surface area contributed by atoms with Gasteiger partial charge in [-0.05, 0) is 25.7 Å². The van der Waals surface area contributed by atoms with E-state index < -0.39 is 23.7 Å². The van der Waals surface area contributed by atoms with E-state index in [0.717, 1.165) is 13.8 Å². The van der Waals surface area contributed by atoms with Gasteiger partial charge in [0.25, 0.3) is 0 Å². The molecular weight excluding hydrogens is 257 g/mol. The highest BCUT2D eigenvalue weighted by Gasteiger charge is 2.48. The summed E-state index contributed by atoms with van der Waals surface area (Å²) in [4.78, 5) is 11.5. The first-order valence-corrected chi connectivity index (χ1v) is 6.30. The summed E-state index contributed by atoms with van der Waals surface area (Å²) in [6.45, 7) is 10.9. The Bertz CT molecular complexity index is 330. The minimum absolute atomic E-state index is 0.145. The van der Waals surface area contributed by atoms with Gasteiger partial charge in [-0.15, -0.1) is 0 Å². The van der Waals surface area contributed by atoms with Crippen molar-refractivity contribution in [3.63, 3.8) is 0 Å². The van der Waals surface area contributed by atoms with Crippen molar-refractivity contribution in [1.82, 2.24) is 0 Å². The summed E-state index contributed by atoms with van der Waals surface area (Å²) >= 11 is 0. The summed E-state index contributed by atoms with van der Waals surface area (Å²) in [6.07, 6.45) is -4.91. The maximum absolute atomic E-state index is 12.9. The second-order valence-corrected chi connectivity index (χ2v) is 6.02. The van der Waals surface area contributed by atoms with Crippen molar-refractivity contribution in [2.24, 2.45) is 11.3 Å². The van der Waals surface area contributed by atoms with Gasteiger partial charge in [-0.25, -0.2) is 4.79 Å². The topological polar surface area (TPSA) is 26.3 Å². The van der Waals surface area contributed by atoms with Crippen molar-refractivity contribution in [1.29, 1.82) is 0 Å². The van der Waals surface area contributed by atoms with Crippen LogP contribution in [0.15, 0.2) is 12.2 Å². The first kappa shape index (κ1) is 18.0. The molecule has 0 bridgehead atoms. The van der Waals surface area contributed by atoms with Gasteiger partial charge in [-0.2, -0.15) is 13.2 Å². The van der Waals surface area contributed by atoms with Crippen molar-refractivity contribution in [2.75, 3.05) is 0 Å². The Morgan fingerprint density at radius 1 is 1.26 bits per heavy atom. The van der Waals surface area contributed by atoms with Crippen molar-refractivity contribution >= 4 is 5.97 Å². The lowest BCUT2D eigenvalue weighted by molar-refractivity contribution is -0.222. The Labute approximate surface area is 113 Å². The van der Waals surface area contributed by atoms with Gasteiger partial charge in [0.2, 0.25) is 0 Å². The predicted octanol–water partition coefficient (Wildman–Crippen LogP) is 4.50. The SMILES string of the molecule is C=C(C)C(=O)OC(CC(C)C)CC(C)(C)C(F)(F)F. The van der Waals surface area contributed by atoms with Gasteiger partial charge in [-0.3, -0.25) is 0 Å².